The maximum absolute atomic E-state index is 12.2. The molecule has 1 unspecified atom stereocenters. The highest BCUT2D eigenvalue weighted by Gasteiger charge is 2.28. The molecule has 1 atom stereocenters. The molecule has 0 aliphatic carbocycles. The van der Waals surface area contributed by atoms with E-state index in [1.165, 1.54) is 0 Å². The van der Waals surface area contributed by atoms with Crippen LogP contribution in [-0.4, -0.2) is 23.2 Å². The van der Waals surface area contributed by atoms with Gasteiger partial charge in [-0.15, -0.1) is 0 Å². The second-order valence-electron chi connectivity index (χ2n) is 6.91. The fourth-order valence-corrected chi connectivity index (χ4v) is 3.62. The van der Waals surface area contributed by atoms with Crippen molar-refractivity contribution in [3.8, 4) is 17.2 Å². The molecule has 2 aromatic carbocycles. The van der Waals surface area contributed by atoms with E-state index in [9.17, 15) is 9.59 Å². The Morgan fingerprint density at radius 2 is 2.00 bits per heavy atom. The Labute approximate surface area is 160 Å². The zero-order valence-corrected chi connectivity index (χ0v) is 15.0. The molecule has 0 bridgehead atoms. The standard InChI is InChI=1S/C21H18N2O5/c24-20-7-5-16(21(25)22-20)23-9-14-2-1-3-17(15(14)10-23)26-11-13-4-6-18-19(8-13)28-12-27-18/h1-4,6,8-10,16H,5,7,11-12H2,(H,22,24,25). The van der Waals surface area contributed by atoms with Crippen LogP contribution in [0.5, 0.6) is 17.2 Å². The van der Waals surface area contributed by atoms with Gasteiger partial charge in [0.15, 0.2) is 11.5 Å². The number of hydrogen-bond acceptors (Lipinski definition) is 5. The van der Waals surface area contributed by atoms with Gasteiger partial charge in [-0.05, 0) is 30.2 Å². The minimum absolute atomic E-state index is 0.217. The fourth-order valence-electron chi connectivity index (χ4n) is 3.62. The van der Waals surface area contributed by atoms with Crippen LogP contribution in [0.2, 0.25) is 0 Å². The third-order valence-corrected chi connectivity index (χ3v) is 5.07. The maximum Gasteiger partial charge on any atom is 0.249 e. The predicted octanol–water partition coefficient (Wildman–Crippen LogP) is 2.93. The van der Waals surface area contributed by atoms with E-state index in [1.807, 2.05) is 53.4 Å². The number of benzene rings is 2. The highest BCUT2D eigenvalue weighted by molar-refractivity contribution is 6.00. The molecule has 1 fully saturated rings. The summed E-state index contributed by atoms with van der Waals surface area (Å²) in [6.45, 7) is 0.631. The van der Waals surface area contributed by atoms with Crippen LogP contribution in [-0.2, 0) is 16.2 Å². The molecule has 28 heavy (non-hydrogen) atoms. The van der Waals surface area contributed by atoms with E-state index < -0.39 is 0 Å². The summed E-state index contributed by atoms with van der Waals surface area (Å²) in [6.07, 6.45) is 4.67. The molecule has 0 saturated carbocycles. The number of carbonyl (C=O) groups is 2. The summed E-state index contributed by atoms with van der Waals surface area (Å²) in [5.74, 6) is 1.72. The topological polar surface area (TPSA) is 78.8 Å². The van der Waals surface area contributed by atoms with Gasteiger partial charge in [0.25, 0.3) is 0 Å². The minimum atomic E-state index is -0.383. The van der Waals surface area contributed by atoms with E-state index in [2.05, 4.69) is 5.32 Å². The highest BCUT2D eigenvalue weighted by Crippen LogP contribution is 2.34. The normalized spacial score (nSPS) is 18.4. The third-order valence-electron chi connectivity index (χ3n) is 5.07. The van der Waals surface area contributed by atoms with Crippen LogP contribution in [0.3, 0.4) is 0 Å². The van der Waals surface area contributed by atoms with Crippen molar-refractivity contribution >= 4 is 22.6 Å². The fraction of sp³-hybridized carbons (Fsp3) is 0.238. The van der Waals surface area contributed by atoms with E-state index >= 15 is 0 Å². The average molecular weight is 378 g/mol. The lowest BCUT2D eigenvalue weighted by atomic mass is 10.1. The first-order valence-corrected chi connectivity index (χ1v) is 9.12. The average Bonchev–Trinajstić information content (AvgIpc) is 3.32. The van der Waals surface area contributed by atoms with Crippen molar-refractivity contribution in [3.63, 3.8) is 0 Å². The first-order valence-electron chi connectivity index (χ1n) is 9.12. The number of rotatable bonds is 4. The summed E-state index contributed by atoms with van der Waals surface area (Å²) >= 11 is 0. The van der Waals surface area contributed by atoms with E-state index in [1.54, 1.807) is 0 Å². The highest BCUT2D eigenvalue weighted by atomic mass is 16.7. The largest absolute Gasteiger partial charge is 0.488 e. The van der Waals surface area contributed by atoms with Gasteiger partial charge >= 0.3 is 0 Å². The number of aromatic nitrogens is 1. The van der Waals surface area contributed by atoms with Crippen LogP contribution in [0.25, 0.3) is 10.8 Å². The van der Waals surface area contributed by atoms with Gasteiger partial charge in [-0.2, -0.15) is 0 Å². The maximum atomic E-state index is 12.2. The first kappa shape index (κ1) is 16.7. The number of fused-ring (bicyclic) bond motifs is 2. The SMILES string of the molecule is O=C1CCC(n2cc3cccc(OCc4ccc5c(c4)OCO5)c3c2)C(=O)N1. The van der Waals surface area contributed by atoms with Crippen LogP contribution in [0.1, 0.15) is 24.4 Å². The lowest BCUT2D eigenvalue weighted by molar-refractivity contribution is -0.135. The van der Waals surface area contributed by atoms with Crippen molar-refractivity contribution in [2.45, 2.75) is 25.5 Å². The van der Waals surface area contributed by atoms with Crippen molar-refractivity contribution in [2.75, 3.05) is 6.79 Å². The van der Waals surface area contributed by atoms with Gasteiger partial charge in [0.1, 0.15) is 18.4 Å². The van der Waals surface area contributed by atoms with Crippen molar-refractivity contribution in [1.29, 1.82) is 0 Å². The van der Waals surface area contributed by atoms with E-state index in [-0.39, 0.29) is 24.6 Å². The van der Waals surface area contributed by atoms with Crippen LogP contribution in [0, 0.1) is 0 Å². The summed E-state index contributed by atoms with van der Waals surface area (Å²) < 4.78 is 18.6. The lowest BCUT2D eigenvalue weighted by Crippen LogP contribution is -2.41. The summed E-state index contributed by atoms with van der Waals surface area (Å²) in [6, 6.07) is 11.2. The Bertz CT molecular complexity index is 1090. The Balaban J connectivity index is 1.38. The monoisotopic (exact) mass is 378 g/mol. The lowest BCUT2D eigenvalue weighted by Gasteiger charge is -2.21. The predicted molar refractivity (Wildman–Crippen MR) is 100 cm³/mol. The van der Waals surface area contributed by atoms with E-state index in [0.29, 0.717) is 19.4 Å². The van der Waals surface area contributed by atoms with Crippen LogP contribution in [0.15, 0.2) is 48.8 Å². The molecule has 0 spiro atoms. The summed E-state index contributed by atoms with van der Waals surface area (Å²) in [4.78, 5) is 23.6. The quantitative estimate of drug-likeness (QED) is 0.706. The summed E-state index contributed by atoms with van der Waals surface area (Å²) in [7, 11) is 0. The molecule has 7 heteroatoms. The van der Waals surface area contributed by atoms with Gasteiger partial charge in [-0.3, -0.25) is 14.9 Å². The van der Waals surface area contributed by atoms with Crippen molar-refractivity contribution in [1.82, 2.24) is 9.88 Å². The number of piperidine rings is 1. The van der Waals surface area contributed by atoms with Crippen LogP contribution in [0.4, 0.5) is 0 Å². The van der Waals surface area contributed by atoms with Crippen molar-refractivity contribution in [3.05, 3.63) is 54.4 Å². The molecule has 1 aromatic heterocycles. The van der Waals surface area contributed by atoms with Crippen molar-refractivity contribution in [2.24, 2.45) is 0 Å². The molecule has 1 saturated heterocycles. The molecule has 5 rings (SSSR count). The molecule has 2 aliphatic heterocycles. The zero-order valence-electron chi connectivity index (χ0n) is 15.0. The van der Waals surface area contributed by atoms with Gasteiger partial charge in [0.2, 0.25) is 18.6 Å². The Morgan fingerprint density at radius 1 is 1.11 bits per heavy atom. The van der Waals surface area contributed by atoms with Crippen molar-refractivity contribution < 1.29 is 23.8 Å². The van der Waals surface area contributed by atoms with E-state index in [0.717, 1.165) is 33.6 Å². The molecular formula is C21H18N2O5. The van der Waals surface area contributed by atoms with Crippen LogP contribution < -0.4 is 19.5 Å². The van der Waals surface area contributed by atoms with Gasteiger partial charge in [-0.1, -0.05) is 18.2 Å². The number of carbonyl (C=O) groups excluding carboxylic acids is 2. The molecule has 7 nitrogen and oxygen atoms in total. The first-order chi connectivity index (χ1) is 13.7. The molecule has 2 aliphatic rings. The molecule has 142 valence electrons. The van der Waals surface area contributed by atoms with E-state index in [4.69, 9.17) is 14.2 Å². The number of nitrogens with one attached hydrogen (secondary N) is 1. The summed E-state index contributed by atoms with van der Waals surface area (Å²) in [5.41, 5.74) is 0.978. The summed E-state index contributed by atoms with van der Waals surface area (Å²) in [5, 5.41) is 4.31. The number of nitrogens with zero attached hydrogens (tertiary/aromatic N) is 1. The molecule has 3 aromatic rings. The molecule has 2 amide bonds. The van der Waals surface area contributed by atoms with Gasteiger partial charge in [0.05, 0.1) is 0 Å². The number of hydrogen-bond donors (Lipinski definition) is 1. The molecule has 3 heterocycles. The minimum Gasteiger partial charge on any atom is -0.488 e. The number of imide groups is 1. The number of ether oxygens (including phenoxy) is 3. The van der Waals surface area contributed by atoms with Gasteiger partial charge in [0, 0.05) is 29.6 Å². The Kier molecular flexibility index (Phi) is 3.93. The molecule has 1 N–H and O–H groups in total. The zero-order chi connectivity index (χ0) is 19.1. The second-order valence-corrected chi connectivity index (χ2v) is 6.91. The Morgan fingerprint density at radius 3 is 2.89 bits per heavy atom. The smallest absolute Gasteiger partial charge is 0.249 e. The number of amides is 2. The molecular weight excluding hydrogens is 360 g/mol. The Hall–Kier alpha value is -3.48. The van der Waals surface area contributed by atoms with Gasteiger partial charge < -0.3 is 18.8 Å². The van der Waals surface area contributed by atoms with Gasteiger partial charge in [-0.25, -0.2) is 0 Å². The third kappa shape index (κ3) is 2.94. The molecule has 0 radical (unpaired) electrons. The second kappa shape index (κ2) is 6.60. The van der Waals surface area contributed by atoms with Crippen LogP contribution >= 0.6 is 0 Å².